The van der Waals surface area contributed by atoms with Crippen LogP contribution < -0.4 is 5.32 Å². The van der Waals surface area contributed by atoms with Crippen molar-refractivity contribution in [2.75, 3.05) is 11.1 Å². The fourth-order valence-electron chi connectivity index (χ4n) is 2.87. The lowest BCUT2D eigenvalue weighted by molar-refractivity contribution is -0.113. The van der Waals surface area contributed by atoms with Gasteiger partial charge in [-0.05, 0) is 36.1 Å². The van der Waals surface area contributed by atoms with Crippen LogP contribution in [0.1, 0.15) is 25.0 Å². The molecule has 3 rings (SSSR count). The summed E-state index contributed by atoms with van der Waals surface area (Å²) >= 11 is 1.37. The third-order valence-electron chi connectivity index (χ3n) is 4.32. The lowest BCUT2D eigenvalue weighted by Crippen LogP contribution is -2.17. The molecule has 6 nitrogen and oxygen atoms in total. The van der Waals surface area contributed by atoms with Crippen molar-refractivity contribution in [1.82, 2.24) is 19.7 Å². The number of carbonyl (C=O) groups is 1. The third kappa shape index (κ3) is 4.36. The first-order chi connectivity index (χ1) is 13.1. The number of benzene rings is 1. The van der Waals surface area contributed by atoms with Gasteiger partial charge >= 0.3 is 0 Å². The highest BCUT2D eigenvalue weighted by Gasteiger charge is 2.15. The van der Waals surface area contributed by atoms with Crippen molar-refractivity contribution in [3.63, 3.8) is 0 Å². The maximum atomic E-state index is 12.5. The number of nitrogens with zero attached hydrogens (tertiary/aromatic N) is 4. The zero-order valence-electron chi connectivity index (χ0n) is 15.8. The second-order valence-corrected chi connectivity index (χ2v) is 7.02. The first kappa shape index (κ1) is 19.1. The zero-order chi connectivity index (χ0) is 19.2. The second-order valence-electron chi connectivity index (χ2n) is 6.08. The van der Waals surface area contributed by atoms with E-state index in [9.17, 15) is 4.79 Å². The van der Waals surface area contributed by atoms with Crippen LogP contribution in [0, 0.1) is 0 Å². The van der Waals surface area contributed by atoms with E-state index in [1.165, 1.54) is 11.8 Å². The maximum Gasteiger partial charge on any atom is 0.234 e. The summed E-state index contributed by atoms with van der Waals surface area (Å²) in [4.78, 5) is 16.8. The molecule has 0 unspecified atom stereocenters. The van der Waals surface area contributed by atoms with Crippen molar-refractivity contribution in [2.24, 2.45) is 7.05 Å². The van der Waals surface area contributed by atoms with Gasteiger partial charge in [-0.3, -0.25) is 9.78 Å². The lowest BCUT2D eigenvalue weighted by atomic mass is 10.0. The molecule has 0 aliphatic heterocycles. The molecular formula is C20H23N5OS. The molecule has 1 N–H and O–H groups in total. The van der Waals surface area contributed by atoms with Crippen LogP contribution in [0.4, 0.5) is 5.69 Å². The van der Waals surface area contributed by atoms with Gasteiger partial charge in [-0.1, -0.05) is 49.9 Å². The predicted molar refractivity (Wildman–Crippen MR) is 109 cm³/mol. The van der Waals surface area contributed by atoms with Gasteiger partial charge in [-0.2, -0.15) is 0 Å². The molecule has 0 bridgehead atoms. The number of thioether (sulfide) groups is 1. The number of amides is 1. The van der Waals surface area contributed by atoms with Gasteiger partial charge in [0.25, 0.3) is 0 Å². The SMILES string of the molecule is CCc1cccc(CC)c1NC(=O)CSc1nnc(-c2ccccn2)n1C. The molecule has 0 atom stereocenters. The highest BCUT2D eigenvalue weighted by molar-refractivity contribution is 7.99. The van der Waals surface area contributed by atoms with Gasteiger partial charge in [0.1, 0.15) is 5.69 Å². The van der Waals surface area contributed by atoms with Gasteiger partial charge in [0.2, 0.25) is 5.91 Å². The molecule has 0 aliphatic carbocycles. The fraction of sp³-hybridized carbons (Fsp3) is 0.300. The van der Waals surface area contributed by atoms with E-state index in [4.69, 9.17) is 0 Å². The summed E-state index contributed by atoms with van der Waals surface area (Å²) in [7, 11) is 1.88. The van der Waals surface area contributed by atoms with E-state index >= 15 is 0 Å². The average molecular weight is 382 g/mol. The maximum absolute atomic E-state index is 12.5. The number of aromatic nitrogens is 4. The van der Waals surface area contributed by atoms with Crippen molar-refractivity contribution in [3.8, 4) is 11.5 Å². The van der Waals surface area contributed by atoms with Crippen LogP contribution in [0.5, 0.6) is 0 Å². The molecule has 0 radical (unpaired) electrons. The van der Waals surface area contributed by atoms with Crippen LogP contribution in [0.15, 0.2) is 47.8 Å². The van der Waals surface area contributed by atoms with Gasteiger partial charge in [0.15, 0.2) is 11.0 Å². The second kappa shape index (κ2) is 8.81. The number of anilines is 1. The number of carbonyl (C=O) groups excluding carboxylic acids is 1. The highest BCUT2D eigenvalue weighted by Crippen LogP contribution is 2.24. The van der Waals surface area contributed by atoms with Crippen LogP contribution in [0.25, 0.3) is 11.5 Å². The molecule has 0 saturated heterocycles. The first-order valence-corrected chi connectivity index (χ1v) is 9.96. The van der Waals surface area contributed by atoms with E-state index in [0.29, 0.717) is 11.0 Å². The number of hydrogen-bond donors (Lipinski definition) is 1. The molecule has 1 aromatic carbocycles. The first-order valence-electron chi connectivity index (χ1n) is 8.98. The summed E-state index contributed by atoms with van der Waals surface area (Å²) in [5, 5.41) is 12.2. The van der Waals surface area contributed by atoms with Gasteiger partial charge < -0.3 is 9.88 Å². The van der Waals surface area contributed by atoms with Crippen molar-refractivity contribution in [1.29, 1.82) is 0 Å². The number of rotatable bonds is 7. The van der Waals surface area contributed by atoms with Crippen LogP contribution in [0.3, 0.4) is 0 Å². The third-order valence-corrected chi connectivity index (χ3v) is 5.34. The standard InChI is InChI=1S/C20H23N5OS/c1-4-14-9-8-10-15(5-2)18(14)22-17(26)13-27-20-24-23-19(25(20)3)16-11-6-7-12-21-16/h6-12H,4-5,13H2,1-3H3,(H,22,26). The summed E-state index contributed by atoms with van der Waals surface area (Å²) in [6.07, 6.45) is 3.49. The van der Waals surface area contributed by atoms with E-state index in [2.05, 4.69) is 46.5 Å². The summed E-state index contributed by atoms with van der Waals surface area (Å²) < 4.78 is 1.86. The smallest absolute Gasteiger partial charge is 0.234 e. The van der Waals surface area contributed by atoms with Crippen molar-refractivity contribution in [2.45, 2.75) is 31.8 Å². The van der Waals surface area contributed by atoms with E-state index < -0.39 is 0 Å². The number of hydrogen-bond acceptors (Lipinski definition) is 5. The molecule has 0 aliphatic rings. The Morgan fingerprint density at radius 3 is 2.44 bits per heavy atom. The van der Waals surface area contributed by atoms with Crippen molar-refractivity contribution in [3.05, 3.63) is 53.7 Å². The molecule has 3 aromatic rings. The topological polar surface area (TPSA) is 72.7 Å². The van der Waals surface area contributed by atoms with Gasteiger partial charge in [-0.25, -0.2) is 0 Å². The van der Waals surface area contributed by atoms with Gasteiger partial charge in [0.05, 0.1) is 5.75 Å². The fourth-order valence-corrected chi connectivity index (χ4v) is 3.58. The minimum atomic E-state index is -0.0435. The number of pyridine rings is 1. The van der Waals surface area contributed by atoms with Gasteiger partial charge in [0, 0.05) is 18.9 Å². The van der Waals surface area contributed by atoms with Crippen molar-refractivity contribution >= 4 is 23.4 Å². The number of nitrogens with one attached hydrogen (secondary N) is 1. The Morgan fingerprint density at radius 1 is 1.07 bits per heavy atom. The van der Waals surface area contributed by atoms with E-state index in [-0.39, 0.29) is 11.7 Å². The van der Waals surface area contributed by atoms with E-state index in [1.807, 2.05) is 35.9 Å². The lowest BCUT2D eigenvalue weighted by Gasteiger charge is -2.14. The molecule has 0 spiro atoms. The molecular weight excluding hydrogens is 358 g/mol. The van der Waals surface area contributed by atoms with E-state index in [1.54, 1.807) is 6.20 Å². The molecule has 2 heterocycles. The number of aryl methyl sites for hydroxylation is 2. The Kier molecular flexibility index (Phi) is 6.24. The normalized spacial score (nSPS) is 10.8. The van der Waals surface area contributed by atoms with Crippen LogP contribution >= 0.6 is 11.8 Å². The average Bonchev–Trinajstić information content (AvgIpc) is 3.07. The largest absolute Gasteiger partial charge is 0.325 e. The quantitative estimate of drug-likeness (QED) is 0.631. The molecule has 0 fully saturated rings. The Morgan fingerprint density at radius 2 is 1.81 bits per heavy atom. The summed E-state index contributed by atoms with van der Waals surface area (Å²) in [5.41, 5.74) is 4.01. The Hall–Kier alpha value is -2.67. The van der Waals surface area contributed by atoms with Crippen LogP contribution in [0.2, 0.25) is 0 Å². The highest BCUT2D eigenvalue weighted by atomic mass is 32.2. The number of para-hydroxylation sites is 1. The molecule has 0 saturated carbocycles. The molecule has 2 aromatic heterocycles. The molecule has 140 valence electrons. The Balaban J connectivity index is 1.68. The molecule has 1 amide bonds. The van der Waals surface area contributed by atoms with Crippen molar-refractivity contribution < 1.29 is 4.79 Å². The Labute approximate surface area is 163 Å². The Bertz CT molecular complexity index is 901. The predicted octanol–water partition coefficient (Wildman–Crippen LogP) is 3.73. The van der Waals surface area contributed by atoms with E-state index in [0.717, 1.165) is 35.3 Å². The van der Waals surface area contributed by atoms with Crippen LogP contribution in [-0.2, 0) is 24.7 Å². The van der Waals surface area contributed by atoms with Gasteiger partial charge in [-0.15, -0.1) is 10.2 Å². The molecule has 7 heteroatoms. The van der Waals surface area contributed by atoms with Crippen LogP contribution in [-0.4, -0.2) is 31.4 Å². The minimum absolute atomic E-state index is 0.0435. The summed E-state index contributed by atoms with van der Waals surface area (Å²) in [6.45, 7) is 4.19. The zero-order valence-corrected chi connectivity index (χ0v) is 16.6. The monoisotopic (exact) mass is 381 g/mol. The molecule has 27 heavy (non-hydrogen) atoms. The summed E-state index contributed by atoms with van der Waals surface area (Å²) in [5.74, 6) is 0.913. The minimum Gasteiger partial charge on any atom is -0.325 e. The summed E-state index contributed by atoms with van der Waals surface area (Å²) in [6, 6.07) is 11.8.